The molecule has 62 valence electrons. The monoisotopic (exact) mass is 159 g/mol. The van der Waals surface area contributed by atoms with Gasteiger partial charge in [0.15, 0.2) is 0 Å². The van der Waals surface area contributed by atoms with Gasteiger partial charge in [0.2, 0.25) is 0 Å². The summed E-state index contributed by atoms with van der Waals surface area (Å²) in [4.78, 5) is 4.16. The van der Waals surface area contributed by atoms with Gasteiger partial charge in [-0.3, -0.25) is 4.98 Å². The molecule has 0 radical (unpaired) electrons. The molecule has 1 nitrogen and oxygen atoms in total. The normalized spacial score (nSPS) is 15.2. The zero-order chi connectivity index (χ0) is 8.39. The number of hydrogen-bond donors (Lipinski definition) is 0. The van der Waals surface area contributed by atoms with Crippen LogP contribution in [0.15, 0.2) is 18.5 Å². The van der Waals surface area contributed by atoms with Crippen molar-refractivity contribution < 1.29 is 0 Å². The Kier molecular flexibility index (Phi) is 1.94. The number of hydrogen-bond acceptors (Lipinski definition) is 1. The molecule has 0 aromatic carbocycles. The summed E-state index contributed by atoms with van der Waals surface area (Å²) in [5.74, 6) is 0. The van der Waals surface area contributed by atoms with Crippen LogP contribution >= 0.6 is 0 Å². The lowest BCUT2D eigenvalue weighted by molar-refractivity contribution is 0.999. The van der Waals surface area contributed by atoms with Crippen molar-refractivity contribution >= 4 is 11.6 Å². The molecule has 0 saturated heterocycles. The van der Waals surface area contributed by atoms with Crippen LogP contribution in [0.5, 0.6) is 0 Å². The standard InChI is InChI=1S/C11H13N/c1-2-9-4-3-5-10-6-7-12-8-11(9)10/h5-8H,2-4H2,1H3. The van der Waals surface area contributed by atoms with Crippen LogP contribution in [0.1, 0.15) is 26.2 Å². The van der Waals surface area contributed by atoms with Crippen LogP contribution in [0.25, 0.3) is 11.6 Å². The Morgan fingerprint density at radius 3 is 3.25 bits per heavy atom. The molecule has 0 spiro atoms. The van der Waals surface area contributed by atoms with Crippen LogP contribution in [0, 0.1) is 0 Å². The van der Waals surface area contributed by atoms with Crippen molar-refractivity contribution in [2.45, 2.75) is 26.2 Å². The Balaban J connectivity index is 2.78. The molecule has 0 unspecified atom stereocenters. The summed E-state index contributed by atoms with van der Waals surface area (Å²) < 4.78 is 0. The molecule has 0 fully saturated rings. The van der Waals surface area contributed by atoms with Gasteiger partial charge in [-0.1, -0.05) is 18.6 Å². The topological polar surface area (TPSA) is 12.9 Å². The van der Waals surface area contributed by atoms with E-state index in [1.807, 2.05) is 12.4 Å². The highest BCUT2D eigenvalue weighted by molar-refractivity contribution is 5.49. The fourth-order valence-corrected chi connectivity index (χ4v) is 1.78. The van der Waals surface area contributed by atoms with Crippen LogP contribution in [0.2, 0.25) is 0 Å². The van der Waals surface area contributed by atoms with Crippen LogP contribution in [0.4, 0.5) is 0 Å². The maximum Gasteiger partial charge on any atom is 0.0345 e. The molecular weight excluding hydrogens is 146 g/mol. The molecular formula is C11H13N. The van der Waals surface area contributed by atoms with Crippen molar-refractivity contribution in [2.24, 2.45) is 0 Å². The molecule has 0 bridgehead atoms. The zero-order valence-electron chi connectivity index (χ0n) is 7.38. The fraction of sp³-hybridized carbons (Fsp3) is 0.364. The minimum Gasteiger partial charge on any atom is -0.264 e. The van der Waals surface area contributed by atoms with Gasteiger partial charge in [-0.2, -0.15) is 0 Å². The Bertz CT molecular complexity index is 390. The molecule has 1 aliphatic carbocycles. The van der Waals surface area contributed by atoms with Gasteiger partial charge in [-0.25, -0.2) is 0 Å². The van der Waals surface area contributed by atoms with E-state index >= 15 is 0 Å². The van der Waals surface area contributed by atoms with Gasteiger partial charge >= 0.3 is 0 Å². The van der Waals surface area contributed by atoms with Crippen molar-refractivity contribution in [1.29, 1.82) is 0 Å². The van der Waals surface area contributed by atoms with Crippen molar-refractivity contribution in [1.82, 2.24) is 4.98 Å². The van der Waals surface area contributed by atoms with E-state index in [0.29, 0.717) is 0 Å². The summed E-state index contributed by atoms with van der Waals surface area (Å²) in [5.41, 5.74) is 1.56. The highest BCUT2D eigenvalue weighted by Gasteiger charge is 2.00. The van der Waals surface area contributed by atoms with Gasteiger partial charge in [0, 0.05) is 12.4 Å². The molecule has 1 heterocycles. The Hall–Kier alpha value is -1.11. The largest absolute Gasteiger partial charge is 0.264 e. The summed E-state index contributed by atoms with van der Waals surface area (Å²) in [5, 5.41) is 2.74. The van der Waals surface area contributed by atoms with Gasteiger partial charge in [0.1, 0.15) is 0 Å². The van der Waals surface area contributed by atoms with Crippen LogP contribution in [-0.2, 0) is 0 Å². The minimum absolute atomic E-state index is 1.16. The predicted molar refractivity (Wildman–Crippen MR) is 50.9 cm³/mol. The first-order chi connectivity index (χ1) is 5.92. The molecule has 2 rings (SSSR count). The van der Waals surface area contributed by atoms with Gasteiger partial charge in [0.05, 0.1) is 0 Å². The average molecular weight is 159 g/mol. The lowest BCUT2D eigenvalue weighted by Crippen LogP contribution is -2.29. The molecule has 0 saturated carbocycles. The third-order valence-electron chi connectivity index (χ3n) is 2.47. The van der Waals surface area contributed by atoms with E-state index in [9.17, 15) is 0 Å². The maximum atomic E-state index is 4.16. The SMILES string of the molecule is CCC1=c2cnccc2=CCC1. The summed E-state index contributed by atoms with van der Waals surface area (Å²) in [6.45, 7) is 2.22. The summed E-state index contributed by atoms with van der Waals surface area (Å²) in [6, 6.07) is 2.10. The van der Waals surface area contributed by atoms with Crippen molar-refractivity contribution in [3.8, 4) is 0 Å². The van der Waals surface area contributed by atoms with E-state index in [1.54, 1.807) is 5.57 Å². The molecule has 0 amide bonds. The summed E-state index contributed by atoms with van der Waals surface area (Å²) >= 11 is 0. The second kappa shape index (κ2) is 3.10. The third-order valence-corrected chi connectivity index (χ3v) is 2.47. The molecule has 1 aliphatic rings. The number of pyridine rings is 1. The molecule has 12 heavy (non-hydrogen) atoms. The Labute approximate surface area is 72.5 Å². The molecule has 0 aliphatic heterocycles. The Morgan fingerprint density at radius 1 is 1.50 bits per heavy atom. The smallest absolute Gasteiger partial charge is 0.0345 e. The van der Waals surface area contributed by atoms with E-state index < -0.39 is 0 Å². The maximum absolute atomic E-state index is 4.16. The third kappa shape index (κ3) is 1.15. The first-order valence-corrected chi connectivity index (χ1v) is 4.54. The fourth-order valence-electron chi connectivity index (χ4n) is 1.78. The second-order valence-corrected chi connectivity index (χ2v) is 3.16. The number of aromatic nitrogens is 1. The van der Waals surface area contributed by atoms with Crippen LogP contribution < -0.4 is 10.4 Å². The Morgan fingerprint density at radius 2 is 2.42 bits per heavy atom. The number of fused-ring (bicyclic) bond motifs is 1. The lowest BCUT2D eigenvalue weighted by atomic mass is 9.99. The molecule has 1 aromatic rings. The first kappa shape index (κ1) is 7.53. The second-order valence-electron chi connectivity index (χ2n) is 3.16. The average Bonchev–Trinajstić information content (AvgIpc) is 2.17. The van der Waals surface area contributed by atoms with E-state index in [-0.39, 0.29) is 0 Å². The minimum atomic E-state index is 1.16. The highest BCUT2D eigenvalue weighted by atomic mass is 14.6. The number of nitrogens with zero attached hydrogens (tertiary/aromatic N) is 1. The first-order valence-electron chi connectivity index (χ1n) is 4.54. The van der Waals surface area contributed by atoms with Gasteiger partial charge in [-0.15, -0.1) is 0 Å². The highest BCUT2D eigenvalue weighted by Crippen LogP contribution is 2.10. The van der Waals surface area contributed by atoms with E-state index in [4.69, 9.17) is 0 Å². The number of rotatable bonds is 1. The van der Waals surface area contributed by atoms with Crippen LogP contribution in [-0.4, -0.2) is 4.98 Å². The summed E-state index contributed by atoms with van der Waals surface area (Å²) in [7, 11) is 0. The quantitative estimate of drug-likeness (QED) is 0.600. The van der Waals surface area contributed by atoms with Gasteiger partial charge in [0.25, 0.3) is 0 Å². The zero-order valence-corrected chi connectivity index (χ0v) is 7.38. The predicted octanol–water partition coefficient (Wildman–Crippen LogP) is 1.22. The van der Waals surface area contributed by atoms with E-state index in [0.717, 1.165) is 6.42 Å². The van der Waals surface area contributed by atoms with Crippen molar-refractivity contribution in [3.63, 3.8) is 0 Å². The van der Waals surface area contributed by atoms with Crippen molar-refractivity contribution in [3.05, 3.63) is 28.9 Å². The van der Waals surface area contributed by atoms with Gasteiger partial charge < -0.3 is 0 Å². The van der Waals surface area contributed by atoms with Crippen molar-refractivity contribution in [2.75, 3.05) is 0 Å². The van der Waals surface area contributed by atoms with Crippen LogP contribution in [0.3, 0.4) is 0 Å². The molecule has 0 atom stereocenters. The lowest BCUT2D eigenvalue weighted by Gasteiger charge is -2.07. The molecule has 1 aromatic heterocycles. The van der Waals surface area contributed by atoms with E-state index in [2.05, 4.69) is 24.1 Å². The van der Waals surface area contributed by atoms with E-state index in [1.165, 1.54) is 23.3 Å². The van der Waals surface area contributed by atoms with Gasteiger partial charge in [-0.05, 0) is 35.8 Å². The summed E-state index contributed by atoms with van der Waals surface area (Å²) in [6.07, 6.45) is 9.73. The molecule has 0 N–H and O–H groups in total. The molecule has 1 heteroatoms.